The number of hydrogen-bond donors (Lipinski definition) is 5. The van der Waals surface area contributed by atoms with E-state index in [4.69, 9.17) is 14.7 Å². The average Bonchev–Trinajstić information content (AvgIpc) is 3.16. The van der Waals surface area contributed by atoms with Crippen molar-refractivity contribution >= 4 is 24.9 Å². The predicted octanol–water partition coefficient (Wildman–Crippen LogP) is 2.40. The van der Waals surface area contributed by atoms with Crippen molar-refractivity contribution in [2.75, 3.05) is 6.54 Å². The Balaban J connectivity index is 1.66. The minimum atomic E-state index is -0.819. The van der Waals surface area contributed by atoms with Gasteiger partial charge in [0.1, 0.15) is 6.04 Å². The number of hydrogen-bond acceptors (Lipinski definition) is 7. The number of nitrogens with zero attached hydrogens (tertiary/aromatic N) is 1. The maximum atomic E-state index is 13.6. The Morgan fingerprint density at radius 2 is 1.82 bits per heavy atom. The first-order valence-electron chi connectivity index (χ1n) is 14.3. The molecule has 3 aliphatic carbocycles. The van der Waals surface area contributed by atoms with E-state index in [1.165, 1.54) is 0 Å². The summed E-state index contributed by atoms with van der Waals surface area (Å²) in [5.41, 5.74) is 1.56. The van der Waals surface area contributed by atoms with Gasteiger partial charge >= 0.3 is 7.12 Å². The van der Waals surface area contributed by atoms with Crippen molar-refractivity contribution in [1.82, 2.24) is 21.4 Å². The molecule has 0 spiro atoms. The lowest BCUT2D eigenvalue weighted by Crippen LogP contribution is -2.65. The molecule has 0 radical (unpaired) electrons. The lowest BCUT2D eigenvalue weighted by molar-refractivity contribution is -0.525. The highest BCUT2D eigenvalue weighted by Crippen LogP contribution is 2.65. The van der Waals surface area contributed by atoms with Crippen molar-refractivity contribution in [3.8, 4) is 0 Å². The summed E-state index contributed by atoms with van der Waals surface area (Å²) in [6.45, 7) is 15.1. The van der Waals surface area contributed by atoms with Crippen molar-refractivity contribution < 1.29 is 23.9 Å². The van der Waals surface area contributed by atoms with Crippen LogP contribution in [0, 0.1) is 44.6 Å². The molecule has 2 amide bonds. The lowest BCUT2D eigenvalue weighted by Gasteiger charge is -2.64. The van der Waals surface area contributed by atoms with E-state index >= 15 is 0 Å². The zero-order chi connectivity index (χ0) is 29.1. The van der Waals surface area contributed by atoms with Gasteiger partial charge in [0, 0.05) is 13.0 Å². The van der Waals surface area contributed by atoms with E-state index in [9.17, 15) is 19.7 Å². The molecule has 3 saturated carbocycles. The summed E-state index contributed by atoms with van der Waals surface area (Å²) in [5, 5.41) is 25.8. The average molecular weight is 551 g/mol. The number of amides is 2. The largest absolute Gasteiger partial charge is 0.481 e. The third-order valence-corrected chi connectivity index (χ3v) is 8.77. The second kappa shape index (κ2) is 12.4. The number of nitro groups is 1. The molecular formula is C26H47BN6O6. The van der Waals surface area contributed by atoms with Gasteiger partial charge in [-0.1, -0.05) is 47.0 Å². The predicted molar refractivity (Wildman–Crippen MR) is 148 cm³/mol. The molecule has 4 fully saturated rings. The second-order valence-electron chi connectivity index (χ2n) is 13.1. The standard InChI is InChI=1S/C26H47BN6O6/c1-15(2)11-21(27-38-20-14-17-13-19(25(17,5)6)26(20,7)39-27)31-23(35)18(30-22(34)12-16(3)4)9-8-10-29-24(28)32-33(36)37/h15-21H,8-14H2,1-7H3,(H,30,34)(H,31,35)(H3,28,29,32)/t17-,18-,19-,20+,21-,26-/m0/s1. The number of hydrazine groups is 1. The molecule has 39 heavy (non-hydrogen) atoms. The number of guanidine groups is 1. The Hall–Kier alpha value is -2.41. The van der Waals surface area contributed by atoms with Crippen LogP contribution < -0.4 is 21.4 Å². The summed E-state index contributed by atoms with van der Waals surface area (Å²) >= 11 is 0. The molecule has 13 heteroatoms. The SMILES string of the molecule is CC(C)CC(=O)N[C@@H](CCCNC(=N)N[N+](=O)[O-])C(=O)N[C@@H](CC(C)C)B1O[C@@H]2C[C@@H]3C[C@@H](C3(C)C)[C@]2(C)O1. The Morgan fingerprint density at radius 3 is 2.41 bits per heavy atom. The van der Waals surface area contributed by atoms with Gasteiger partial charge in [0.05, 0.1) is 17.6 Å². The first-order chi connectivity index (χ1) is 18.1. The molecule has 12 nitrogen and oxygen atoms in total. The summed E-state index contributed by atoms with van der Waals surface area (Å²) < 4.78 is 13.1. The molecule has 4 rings (SSSR count). The van der Waals surface area contributed by atoms with Crippen molar-refractivity contribution in [2.45, 2.75) is 111 Å². The van der Waals surface area contributed by atoms with Crippen LogP contribution in [0.25, 0.3) is 0 Å². The summed E-state index contributed by atoms with van der Waals surface area (Å²) in [4.78, 5) is 36.6. The Kier molecular flexibility index (Phi) is 9.90. The van der Waals surface area contributed by atoms with Gasteiger partial charge in [0.2, 0.25) is 11.8 Å². The minimum Gasteiger partial charge on any atom is -0.404 e. The normalized spacial score (nSPS) is 28.2. The molecule has 0 aromatic carbocycles. The highest BCUT2D eigenvalue weighted by molar-refractivity contribution is 6.47. The molecule has 0 aromatic rings. The van der Waals surface area contributed by atoms with Crippen molar-refractivity contribution in [3.05, 3.63) is 10.1 Å². The zero-order valence-electron chi connectivity index (χ0n) is 24.5. The molecular weight excluding hydrogens is 503 g/mol. The maximum Gasteiger partial charge on any atom is 0.481 e. The van der Waals surface area contributed by atoms with Crippen LogP contribution in [0.3, 0.4) is 0 Å². The van der Waals surface area contributed by atoms with Crippen LogP contribution in [-0.2, 0) is 18.9 Å². The molecule has 1 saturated heterocycles. The highest BCUT2D eigenvalue weighted by atomic mass is 16.7. The van der Waals surface area contributed by atoms with Crippen molar-refractivity contribution in [2.24, 2.45) is 29.1 Å². The van der Waals surface area contributed by atoms with Crippen LogP contribution >= 0.6 is 0 Å². The van der Waals surface area contributed by atoms with E-state index in [2.05, 4.69) is 50.6 Å². The van der Waals surface area contributed by atoms with Crippen LogP contribution in [0.2, 0.25) is 0 Å². The van der Waals surface area contributed by atoms with Gasteiger partial charge in [-0.05, 0) is 68.1 Å². The van der Waals surface area contributed by atoms with Gasteiger partial charge in [-0.3, -0.25) is 15.0 Å². The highest BCUT2D eigenvalue weighted by Gasteiger charge is 2.68. The van der Waals surface area contributed by atoms with E-state index in [-0.39, 0.29) is 53.3 Å². The molecule has 5 N–H and O–H groups in total. The summed E-state index contributed by atoms with van der Waals surface area (Å²) in [6.07, 6.45) is 3.76. The summed E-state index contributed by atoms with van der Waals surface area (Å²) in [7, 11) is -0.566. The number of nitrogens with one attached hydrogen (secondary N) is 5. The third-order valence-electron chi connectivity index (χ3n) is 8.77. The van der Waals surface area contributed by atoms with Crippen LogP contribution in [0.15, 0.2) is 0 Å². The summed E-state index contributed by atoms with van der Waals surface area (Å²) in [6, 6.07) is -0.795. The zero-order valence-corrected chi connectivity index (χ0v) is 24.5. The quantitative estimate of drug-likeness (QED) is 0.0582. The second-order valence-corrected chi connectivity index (χ2v) is 13.1. The van der Waals surface area contributed by atoms with E-state index in [1.807, 2.05) is 13.8 Å². The van der Waals surface area contributed by atoms with E-state index in [1.54, 1.807) is 5.43 Å². The van der Waals surface area contributed by atoms with Crippen LogP contribution in [0.1, 0.15) is 87.0 Å². The van der Waals surface area contributed by atoms with E-state index in [0.29, 0.717) is 37.5 Å². The van der Waals surface area contributed by atoms with Gasteiger partial charge in [-0.25, -0.2) is 10.1 Å². The Labute approximate surface area is 232 Å². The fourth-order valence-corrected chi connectivity index (χ4v) is 6.64. The molecule has 1 heterocycles. The van der Waals surface area contributed by atoms with Crippen LogP contribution in [-0.4, -0.2) is 60.2 Å². The fourth-order valence-electron chi connectivity index (χ4n) is 6.64. The van der Waals surface area contributed by atoms with Gasteiger partial charge < -0.3 is 25.3 Å². The molecule has 220 valence electrons. The monoisotopic (exact) mass is 550 g/mol. The lowest BCUT2D eigenvalue weighted by atomic mass is 9.43. The van der Waals surface area contributed by atoms with Gasteiger partial charge in [-0.2, -0.15) is 0 Å². The van der Waals surface area contributed by atoms with Gasteiger partial charge in [0.25, 0.3) is 5.96 Å². The van der Waals surface area contributed by atoms with Gasteiger partial charge in [-0.15, -0.1) is 0 Å². The molecule has 0 unspecified atom stereocenters. The number of carbonyl (C=O) groups excluding carboxylic acids is 2. The van der Waals surface area contributed by atoms with Gasteiger partial charge in [0.15, 0.2) is 5.03 Å². The maximum absolute atomic E-state index is 13.6. The first kappa shape index (κ1) is 31.1. The Bertz CT molecular complexity index is 933. The smallest absolute Gasteiger partial charge is 0.404 e. The van der Waals surface area contributed by atoms with Crippen molar-refractivity contribution in [3.63, 3.8) is 0 Å². The van der Waals surface area contributed by atoms with E-state index in [0.717, 1.165) is 12.8 Å². The third kappa shape index (κ3) is 7.42. The molecule has 1 aliphatic heterocycles. The van der Waals surface area contributed by atoms with Crippen molar-refractivity contribution in [1.29, 1.82) is 5.41 Å². The molecule has 4 aliphatic rings. The summed E-state index contributed by atoms with van der Waals surface area (Å²) in [5.74, 6) is 0.113. The topological polar surface area (TPSA) is 168 Å². The molecule has 2 bridgehead atoms. The van der Waals surface area contributed by atoms with E-state index < -0.39 is 24.2 Å². The number of rotatable bonds is 13. The fraction of sp³-hybridized carbons (Fsp3) is 0.885. The van der Waals surface area contributed by atoms with Crippen LogP contribution in [0.5, 0.6) is 0 Å². The molecule has 6 atom stereocenters. The van der Waals surface area contributed by atoms with Crippen LogP contribution in [0.4, 0.5) is 0 Å². The Morgan fingerprint density at radius 1 is 1.13 bits per heavy atom. The first-order valence-corrected chi connectivity index (χ1v) is 14.3. The molecule has 0 aromatic heterocycles. The number of carbonyl (C=O) groups is 2. The minimum absolute atomic E-state index is 0.00143.